The van der Waals surface area contributed by atoms with Crippen LogP contribution in [0.15, 0.2) is 41.2 Å². The molecule has 4 rings (SSSR count). The summed E-state index contributed by atoms with van der Waals surface area (Å²) in [6.45, 7) is 3.00. The second-order valence-corrected chi connectivity index (χ2v) is 7.33. The van der Waals surface area contributed by atoms with Crippen LogP contribution in [0.1, 0.15) is 44.2 Å². The lowest BCUT2D eigenvalue weighted by molar-refractivity contribution is 0.340. The van der Waals surface area contributed by atoms with Crippen molar-refractivity contribution in [3.05, 3.63) is 52.4 Å². The summed E-state index contributed by atoms with van der Waals surface area (Å²) in [7, 11) is 1.62. The number of nitrogens with zero attached hydrogens (tertiary/aromatic N) is 2. The average molecular weight is 381 g/mol. The van der Waals surface area contributed by atoms with E-state index < -0.39 is 0 Å². The lowest BCUT2D eigenvalue weighted by atomic mass is 10.1. The first-order valence-electron chi connectivity index (χ1n) is 9.92. The molecule has 6 heteroatoms. The topological polar surface area (TPSA) is 71.4 Å². The van der Waals surface area contributed by atoms with Crippen LogP contribution in [0.3, 0.4) is 0 Å². The number of benzene rings is 2. The van der Waals surface area contributed by atoms with Crippen LogP contribution in [0, 0.1) is 0 Å². The van der Waals surface area contributed by atoms with Gasteiger partial charge < -0.3 is 15.2 Å². The average Bonchev–Trinajstić information content (AvgIpc) is 3.30. The van der Waals surface area contributed by atoms with Crippen molar-refractivity contribution in [3.8, 4) is 11.5 Å². The lowest BCUT2D eigenvalue weighted by Gasteiger charge is -2.12. The van der Waals surface area contributed by atoms with E-state index in [-0.39, 0.29) is 11.7 Å². The Bertz CT molecular complexity index is 1050. The van der Waals surface area contributed by atoms with Gasteiger partial charge in [0.05, 0.1) is 31.3 Å². The van der Waals surface area contributed by atoms with Crippen molar-refractivity contribution in [2.75, 3.05) is 19.5 Å². The second kappa shape index (κ2) is 7.62. The van der Waals surface area contributed by atoms with Crippen LogP contribution < -0.4 is 20.9 Å². The van der Waals surface area contributed by atoms with Crippen LogP contribution in [-0.4, -0.2) is 22.9 Å². The molecule has 6 nitrogen and oxygen atoms in total. The maximum absolute atomic E-state index is 13.4. The van der Waals surface area contributed by atoms with Crippen molar-refractivity contribution in [1.29, 1.82) is 0 Å². The molecule has 0 atom stereocenters. The SMILES string of the molecule is CCOc1ccc2c(c1)n(C1CCCC1)c(=O)n2Cc1ccc(N)cc1OC. The molecule has 148 valence electrons. The van der Waals surface area contributed by atoms with Crippen LogP contribution in [-0.2, 0) is 6.54 Å². The number of fused-ring (bicyclic) bond motifs is 1. The monoisotopic (exact) mass is 381 g/mol. The lowest BCUT2D eigenvalue weighted by Crippen LogP contribution is -2.27. The van der Waals surface area contributed by atoms with Crippen molar-refractivity contribution >= 4 is 16.7 Å². The van der Waals surface area contributed by atoms with Crippen molar-refractivity contribution in [2.45, 2.75) is 45.2 Å². The van der Waals surface area contributed by atoms with Gasteiger partial charge in [0.25, 0.3) is 0 Å². The van der Waals surface area contributed by atoms with E-state index in [2.05, 4.69) is 0 Å². The van der Waals surface area contributed by atoms with Gasteiger partial charge in [-0.25, -0.2) is 4.79 Å². The zero-order chi connectivity index (χ0) is 19.7. The summed E-state index contributed by atoms with van der Waals surface area (Å²) < 4.78 is 15.0. The highest BCUT2D eigenvalue weighted by atomic mass is 16.5. The number of nitrogen functional groups attached to an aromatic ring is 1. The predicted octanol–water partition coefficient (Wildman–Crippen LogP) is 3.96. The van der Waals surface area contributed by atoms with Gasteiger partial charge in [-0.2, -0.15) is 0 Å². The van der Waals surface area contributed by atoms with Crippen LogP contribution in [0.2, 0.25) is 0 Å². The molecule has 3 aromatic rings. The van der Waals surface area contributed by atoms with E-state index in [4.69, 9.17) is 15.2 Å². The number of aromatic nitrogens is 2. The molecule has 1 aromatic heterocycles. The van der Waals surface area contributed by atoms with E-state index in [1.54, 1.807) is 13.2 Å². The van der Waals surface area contributed by atoms with Gasteiger partial charge in [0.1, 0.15) is 11.5 Å². The Labute approximate surface area is 164 Å². The van der Waals surface area contributed by atoms with Crippen molar-refractivity contribution in [2.24, 2.45) is 0 Å². The molecule has 2 N–H and O–H groups in total. The molecule has 2 aromatic carbocycles. The molecule has 1 aliphatic rings. The molecule has 0 bridgehead atoms. The Kier molecular flexibility index (Phi) is 5.03. The van der Waals surface area contributed by atoms with E-state index >= 15 is 0 Å². The number of rotatable bonds is 6. The van der Waals surface area contributed by atoms with E-state index in [1.807, 2.05) is 46.4 Å². The number of nitrogens with two attached hydrogens (primary N) is 1. The van der Waals surface area contributed by atoms with Crippen molar-refractivity contribution in [1.82, 2.24) is 9.13 Å². The fourth-order valence-corrected chi connectivity index (χ4v) is 4.25. The maximum Gasteiger partial charge on any atom is 0.329 e. The first-order chi connectivity index (χ1) is 13.6. The minimum Gasteiger partial charge on any atom is -0.496 e. The highest BCUT2D eigenvalue weighted by Gasteiger charge is 2.24. The number of hydrogen-bond acceptors (Lipinski definition) is 4. The zero-order valence-electron chi connectivity index (χ0n) is 16.5. The molecule has 1 heterocycles. The fourth-order valence-electron chi connectivity index (χ4n) is 4.25. The summed E-state index contributed by atoms with van der Waals surface area (Å²) in [5.74, 6) is 1.49. The van der Waals surface area contributed by atoms with Gasteiger partial charge in [0.2, 0.25) is 0 Å². The van der Waals surface area contributed by atoms with Crippen LogP contribution in [0.4, 0.5) is 5.69 Å². The number of hydrogen-bond donors (Lipinski definition) is 1. The minimum absolute atomic E-state index is 0.0226. The van der Waals surface area contributed by atoms with E-state index in [0.717, 1.165) is 35.2 Å². The molecule has 0 radical (unpaired) electrons. The summed E-state index contributed by atoms with van der Waals surface area (Å²) >= 11 is 0. The van der Waals surface area contributed by atoms with Crippen LogP contribution in [0.5, 0.6) is 11.5 Å². The zero-order valence-corrected chi connectivity index (χ0v) is 16.5. The molecule has 0 saturated heterocycles. The van der Waals surface area contributed by atoms with E-state index in [9.17, 15) is 4.79 Å². The molecule has 1 aliphatic carbocycles. The largest absolute Gasteiger partial charge is 0.496 e. The highest BCUT2D eigenvalue weighted by molar-refractivity contribution is 5.78. The third-order valence-corrected chi connectivity index (χ3v) is 5.57. The van der Waals surface area contributed by atoms with Gasteiger partial charge in [-0.15, -0.1) is 0 Å². The molecule has 0 amide bonds. The molecule has 0 aliphatic heterocycles. The quantitative estimate of drug-likeness (QED) is 0.656. The number of anilines is 1. The van der Waals surface area contributed by atoms with Crippen LogP contribution in [0.25, 0.3) is 11.0 Å². The smallest absolute Gasteiger partial charge is 0.329 e. The standard InChI is InChI=1S/C22H27N3O3/c1-3-28-18-10-11-19-20(13-18)25(17-6-4-5-7-17)22(26)24(19)14-15-8-9-16(23)12-21(15)27-2/h8-13,17H,3-7,14,23H2,1-2H3. The normalized spacial score (nSPS) is 14.6. The second-order valence-electron chi connectivity index (χ2n) is 7.33. The Morgan fingerprint density at radius 1 is 1.11 bits per heavy atom. The highest BCUT2D eigenvalue weighted by Crippen LogP contribution is 2.33. The molecule has 0 spiro atoms. The number of imidazole rings is 1. The summed E-state index contributed by atoms with van der Waals surface area (Å²) in [6, 6.07) is 11.7. The third-order valence-electron chi connectivity index (χ3n) is 5.57. The Hall–Kier alpha value is -2.89. The molecular weight excluding hydrogens is 354 g/mol. The predicted molar refractivity (Wildman–Crippen MR) is 111 cm³/mol. The van der Waals surface area contributed by atoms with Gasteiger partial charge in [-0.05, 0) is 38.0 Å². The Balaban J connectivity index is 1.86. The van der Waals surface area contributed by atoms with Crippen molar-refractivity contribution in [3.63, 3.8) is 0 Å². The fraction of sp³-hybridized carbons (Fsp3) is 0.409. The molecular formula is C22H27N3O3. The van der Waals surface area contributed by atoms with Gasteiger partial charge in [0.15, 0.2) is 0 Å². The molecule has 1 fully saturated rings. The summed E-state index contributed by atoms with van der Waals surface area (Å²) in [4.78, 5) is 13.4. The molecule has 1 saturated carbocycles. The first kappa shape index (κ1) is 18.5. The molecule has 0 unspecified atom stereocenters. The Morgan fingerprint density at radius 3 is 2.61 bits per heavy atom. The van der Waals surface area contributed by atoms with Gasteiger partial charge in [-0.3, -0.25) is 9.13 Å². The van der Waals surface area contributed by atoms with Gasteiger partial charge in [0, 0.05) is 29.4 Å². The summed E-state index contributed by atoms with van der Waals surface area (Å²) in [5, 5.41) is 0. The number of methoxy groups -OCH3 is 1. The van der Waals surface area contributed by atoms with Gasteiger partial charge >= 0.3 is 5.69 Å². The van der Waals surface area contributed by atoms with Gasteiger partial charge in [-0.1, -0.05) is 18.9 Å². The summed E-state index contributed by atoms with van der Waals surface area (Å²) in [6.07, 6.45) is 4.42. The van der Waals surface area contributed by atoms with Crippen LogP contribution >= 0.6 is 0 Å². The maximum atomic E-state index is 13.4. The molecule has 28 heavy (non-hydrogen) atoms. The van der Waals surface area contributed by atoms with E-state index in [1.165, 1.54) is 12.8 Å². The summed E-state index contributed by atoms with van der Waals surface area (Å²) in [5.41, 5.74) is 9.33. The minimum atomic E-state index is 0.0226. The first-order valence-corrected chi connectivity index (χ1v) is 9.92. The van der Waals surface area contributed by atoms with E-state index in [0.29, 0.717) is 24.6 Å². The third kappa shape index (κ3) is 3.23. The number of ether oxygens (including phenoxy) is 2. The Morgan fingerprint density at radius 2 is 1.89 bits per heavy atom. The van der Waals surface area contributed by atoms with Crippen molar-refractivity contribution < 1.29 is 9.47 Å².